The smallest absolute Gasteiger partial charge is 0.326 e. The Kier molecular flexibility index (Phi) is 3.89. The van der Waals surface area contributed by atoms with Crippen molar-refractivity contribution in [2.24, 2.45) is 5.73 Å². The number of aliphatic carboxylic acids is 1. The van der Waals surface area contributed by atoms with Crippen LogP contribution in [0.15, 0.2) is 12.5 Å². The van der Waals surface area contributed by atoms with Crippen LogP contribution in [0.3, 0.4) is 0 Å². The number of imidazole rings is 1. The van der Waals surface area contributed by atoms with Gasteiger partial charge in [-0.25, -0.2) is 9.78 Å². The fourth-order valence-electron chi connectivity index (χ4n) is 1.16. The molecule has 1 rings (SSSR count). The number of aromatic amines is 1. The zero-order valence-corrected chi connectivity index (χ0v) is 8.56. The first-order valence-electron chi connectivity index (χ1n) is 5.26. The average Bonchev–Trinajstić information content (AvgIpc) is 2.63. The van der Waals surface area contributed by atoms with E-state index in [0.717, 1.165) is 0 Å². The van der Waals surface area contributed by atoms with Gasteiger partial charge >= 0.3 is 5.97 Å². The molecule has 7 nitrogen and oxygen atoms in total. The van der Waals surface area contributed by atoms with Gasteiger partial charge in [-0.2, -0.15) is 0 Å². The number of hydrogen-bond donors (Lipinski definition) is 4. The Labute approximate surface area is 93.5 Å². The van der Waals surface area contributed by atoms with Crippen molar-refractivity contribution in [3.63, 3.8) is 0 Å². The highest BCUT2D eigenvalue weighted by molar-refractivity contribution is 5.83. The second-order valence-electron chi connectivity index (χ2n) is 3.20. The number of aromatic nitrogens is 2. The zero-order chi connectivity index (χ0) is 12.8. The summed E-state index contributed by atoms with van der Waals surface area (Å²) in [6.45, 7) is 0.164. The largest absolute Gasteiger partial charge is 0.480 e. The third-order valence-corrected chi connectivity index (χ3v) is 1.92. The van der Waals surface area contributed by atoms with Crippen LogP contribution in [0.25, 0.3) is 0 Å². The molecule has 0 unspecified atom stereocenters. The van der Waals surface area contributed by atoms with E-state index in [0.29, 0.717) is 5.69 Å². The number of nitrogens with two attached hydrogens (primary N) is 1. The van der Waals surface area contributed by atoms with Crippen LogP contribution in [0, 0.1) is 0 Å². The molecular formula is C9H14N4O3. The SMILES string of the molecule is [2H]c1nc(C[C@H](NC(=O)CCN)C(=O)O)c[nH]1. The first-order chi connectivity index (χ1) is 8.02. The molecule has 0 fully saturated rings. The van der Waals surface area contributed by atoms with Crippen LogP contribution < -0.4 is 11.1 Å². The monoisotopic (exact) mass is 227 g/mol. The number of amides is 1. The van der Waals surface area contributed by atoms with Gasteiger partial charge in [-0.1, -0.05) is 0 Å². The van der Waals surface area contributed by atoms with Gasteiger partial charge in [0.25, 0.3) is 0 Å². The minimum absolute atomic E-state index is 0.0288. The highest BCUT2D eigenvalue weighted by Gasteiger charge is 2.20. The summed E-state index contributed by atoms with van der Waals surface area (Å²) in [4.78, 5) is 28.4. The lowest BCUT2D eigenvalue weighted by Gasteiger charge is -2.12. The molecule has 0 aliphatic rings. The summed E-state index contributed by atoms with van der Waals surface area (Å²) in [5.74, 6) is -1.56. The molecule has 1 aromatic rings. The minimum atomic E-state index is -1.15. The van der Waals surface area contributed by atoms with Crippen LogP contribution in [0.1, 0.15) is 13.5 Å². The number of carbonyl (C=O) groups excluding carboxylic acids is 1. The fraction of sp³-hybridized carbons (Fsp3) is 0.444. The van der Waals surface area contributed by atoms with Crippen molar-refractivity contribution in [1.82, 2.24) is 15.3 Å². The molecule has 5 N–H and O–H groups in total. The van der Waals surface area contributed by atoms with Crippen molar-refractivity contribution in [2.75, 3.05) is 6.54 Å². The lowest BCUT2D eigenvalue weighted by molar-refractivity contribution is -0.141. The molecular weight excluding hydrogens is 212 g/mol. The van der Waals surface area contributed by atoms with Gasteiger partial charge < -0.3 is 21.1 Å². The van der Waals surface area contributed by atoms with Gasteiger partial charge in [0, 0.05) is 25.6 Å². The van der Waals surface area contributed by atoms with Gasteiger partial charge in [0.15, 0.2) is 0 Å². The van der Waals surface area contributed by atoms with Crippen LogP contribution >= 0.6 is 0 Å². The number of carbonyl (C=O) groups is 2. The third-order valence-electron chi connectivity index (χ3n) is 1.92. The molecule has 1 aromatic heterocycles. The molecule has 1 atom stereocenters. The Morgan fingerprint density at radius 1 is 1.75 bits per heavy atom. The zero-order valence-electron chi connectivity index (χ0n) is 9.56. The molecule has 0 bridgehead atoms. The number of nitrogens with zero attached hydrogens (tertiary/aromatic N) is 1. The molecule has 0 aromatic carbocycles. The Morgan fingerprint density at radius 3 is 3.00 bits per heavy atom. The van der Waals surface area contributed by atoms with Crippen LogP contribution in [-0.4, -0.2) is 39.5 Å². The van der Waals surface area contributed by atoms with Gasteiger partial charge in [0.05, 0.1) is 12.0 Å². The lowest BCUT2D eigenvalue weighted by Crippen LogP contribution is -2.42. The predicted molar refractivity (Wildman–Crippen MR) is 55.5 cm³/mol. The number of nitrogens with one attached hydrogen (secondary N) is 2. The summed E-state index contributed by atoms with van der Waals surface area (Å²) in [7, 11) is 0. The van der Waals surface area contributed by atoms with E-state index >= 15 is 0 Å². The standard InChI is InChI=1S/C9H14N4O3/c10-2-1-8(14)13-7(9(15)16)3-6-4-11-5-12-6/h4-5,7H,1-3,10H2,(H,11,12)(H,13,14)(H,15,16)/t7-/m0/s1/i5D. The normalized spacial score (nSPS) is 12.9. The molecule has 0 aliphatic carbocycles. The van der Waals surface area contributed by atoms with Gasteiger partial charge in [-0.15, -0.1) is 0 Å². The van der Waals surface area contributed by atoms with E-state index < -0.39 is 17.9 Å². The molecule has 88 valence electrons. The summed E-state index contributed by atoms with van der Waals surface area (Å²) < 4.78 is 7.16. The van der Waals surface area contributed by atoms with E-state index in [4.69, 9.17) is 12.2 Å². The van der Waals surface area contributed by atoms with Crippen molar-refractivity contribution < 1.29 is 16.1 Å². The Hall–Kier alpha value is -1.89. The van der Waals surface area contributed by atoms with Crippen molar-refractivity contribution in [2.45, 2.75) is 18.9 Å². The van der Waals surface area contributed by atoms with Gasteiger partial charge in [-0.05, 0) is 0 Å². The van der Waals surface area contributed by atoms with Crippen molar-refractivity contribution in [1.29, 1.82) is 0 Å². The number of hydrogen-bond acceptors (Lipinski definition) is 4. The van der Waals surface area contributed by atoms with E-state index in [1.807, 2.05) is 0 Å². The van der Waals surface area contributed by atoms with Gasteiger partial charge in [-0.3, -0.25) is 4.79 Å². The van der Waals surface area contributed by atoms with Gasteiger partial charge in [0.2, 0.25) is 5.91 Å². The fourth-order valence-corrected chi connectivity index (χ4v) is 1.16. The molecule has 1 heterocycles. The molecule has 0 radical (unpaired) electrons. The van der Waals surface area contributed by atoms with Crippen molar-refractivity contribution >= 4 is 11.9 Å². The number of H-pyrrole nitrogens is 1. The van der Waals surface area contributed by atoms with Crippen LogP contribution in [0.4, 0.5) is 0 Å². The second kappa shape index (κ2) is 5.86. The summed E-state index contributed by atoms with van der Waals surface area (Å²) in [5.41, 5.74) is 5.60. The predicted octanol–water partition coefficient (Wildman–Crippen LogP) is -1.13. The molecule has 0 spiro atoms. The Balaban J connectivity index is 2.60. The molecule has 1 amide bonds. The maximum Gasteiger partial charge on any atom is 0.326 e. The third kappa shape index (κ3) is 3.70. The average molecular weight is 227 g/mol. The first-order valence-corrected chi connectivity index (χ1v) is 4.76. The molecule has 16 heavy (non-hydrogen) atoms. The van der Waals surface area contributed by atoms with Crippen molar-refractivity contribution in [3.05, 3.63) is 18.2 Å². The molecule has 7 heteroatoms. The van der Waals surface area contributed by atoms with Gasteiger partial charge in [0.1, 0.15) is 7.41 Å². The molecule has 0 saturated heterocycles. The number of carboxylic acids is 1. The first kappa shape index (κ1) is 10.6. The number of rotatable bonds is 6. The summed E-state index contributed by atoms with van der Waals surface area (Å²) in [6, 6.07) is -1.06. The van der Waals surface area contributed by atoms with E-state index in [9.17, 15) is 9.59 Å². The summed E-state index contributed by atoms with van der Waals surface area (Å²) >= 11 is 0. The number of carboxylic acid groups (broad SMARTS) is 1. The van der Waals surface area contributed by atoms with Crippen LogP contribution in [-0.2, 0) is 16.0 Å². The summed E-state index contributed by atoms with van der Waals surface area (Å²) in [5, 5.41) is 11.3. The molecule has 0 saturated carbocycles. The minimum Gasteiger partial charge on any atom is -0.480 e. The second-order valence-corrected chi connectivity index (χ2v) is 3.20. The quantitative estimate of drug-likeness (QED) is 0.490. The Bertz CT molecular complexity index is 407. The Morgan fingerprint density at radius 2 is 2.50 bits per heavy atom. The highest BCUT2D eigenvalue weighted by atomic mass is 16.4. The van der Waals surface area contributed by atoms with E-state index in [2.05, 4.69) is 15.3 Å². The molecule has 0 aliphatic heterocycles. The maximum atomic E-state index is 11.2. The highest BCUT2D eigenvalue weighted by Crippen LogP contribution is 1.99. The van der Waals surface area contributed by atoms with Crippen LogP contribution in [0.5, 0.6) is 0 Å². The topological polar surface area (TPSA) is 121 Å². The van der Waals surface area contributed by atoms with E-state index in [-0.39, 0.29) is 25.7 Å². The maximum absolute atomic E-state index is 11.2. The van der Waals surface area contributed by atoms with Crippen LogP contribution in [0.2, 0.25) is 0 Å². The van der Waals surface area contributed by atoms with E-state index in [1.165, 1.54) is 6.20 Å². The summed E-state index contributed by atoms with van der Waals surface area (Å²) in [6.07, 6.45) is 1.50. The van der Waals surface area contributed by atoms with E-state index in [1.54, 1.807) is 0 Å². The van der Waals surface area contributed by atoms with Crippen molar-refractivity contribution in [3.8, 4) is 0 Å². The lowest BCUT2D eigenvalue weighted by atomic mass is 10.1.